The maximum Gasteiger partial charge on any atom is 0.125 e. The van der Waals surface area contributed by atoms with Gasteiger partial charge in [-0.05, 0) is 37.7 Å². The van der Waals surface area contributed by atoms with Gasteiger partial charge < -0.3 is 5.32 Å². The predicted octanol–water partition coefficient (Wildman–Crippen LogP) is 3.86. The molecule has 0 bridgehead atoms. The van der Waals surface area contributed by atoms with Gasteiger partial charge >= 0.3 is 0 Å². The minimum atomic E-state index is -0.238. The summed E-state index contributed by atoms with van der Waals surface area (Å²) in [4.78, 5) is 4.57. The Bertz CT molecular complexity index is 736. The molecule has 20 heavy (non-hydrogen) atoms. The Morgan fingerprint density at radius 1 is 1.20 bits per heavy atom. The zero-order valence-corrected chi connectivity index (χ0v) is 12.0. The van der Waals surface area contributed by atoms with Crippen LogP contribution >= 0.6 is 11.3 Å². The zero-order valence-electron chi connectivity index (χ0n) is 11.2. The van der Waals surface area contributed by atoms with E-state index in [1.807, 2.05) is 19.2 Å². The monoisotopic (exact) mass is 286 g/mol. The van der Waals surface area contributed by atoms with Crippen molar-refractivity contribution in [2.75, 3.05) is 13.6 Å². The number of benzene rings is 2. The van der Waals surface area contributed by atoms with E-state index >= 15 is 0 Å². The zero-order chi connectivity index (χ0) is 13.9. The van der Waals surface area contributed by atoms with Gasteiger partial charge in [-0.2, -0.15) is 0 Å². The minimum absolute atomic E-state index is 0.238. The Morgan fingerprint density at radius 3 is 2.90 bits per heavy atom. The first-order chi connectivity index (χ1) is 9.78. The number of nitrogens with one attached hydrogen (secondary N) is 1. The molecule has 0 unspecified atom stereocenters. The SMILES string of the molecule is CNCCc1ccccc1-c1nc2cc(F)ccc2s1. The highest BCUT2D eigenvalue weighted by atomic mass is 32.1. The van der Waals surface area contributed by atoms with Gasteiger partial charge in [0.05, 0.1) is 10.2 Å². The van der Waals surface area contributed by atoms with Gasteiger partial charge in [-0.25, -0.2) is 9.37 Å². The molecule has 0 aliphatic heterocycles. The Hall–Kier alpha value is -1.78. The van der Waals surface area contributed by atoms with Crippen molar-refractivity contribution in [2.24, 2.45) is 0 Å². The summed E-state index contributed by atoms with van der Waals surface area (Å²) in [6.45, 7) is 0.927. The van der Waals surface area contributed by atoms with Crippen molar-refractivity contribution in [3.05, 3.63) is 53.8 Å². The van der Waals surface area contributed by atoms with Crippen molar-refractivity contribution in [3.8, 4) is 10.6 Å². The van der Waals surface area contributed by atoms with Crippen LogP contribution < -0.4 is 5.32 Å². The van der Waals surface area contributed by atoms with E-state index in [2.05, 4.69) is 22.4 Å². The fourth-order valence-electron chi connectivity index (χ4n) is 2.22. The van der Waals surface area contributed by atoms with Crippen molar-refractivity contribution >= 4 is 21.6 Å². The first-order valence-electron chi connectivity index (χ1n) is 6.57. The molecule has 102 valence electrons. The number of hydrogen-bond donors (Lipinski definition) is 1. The second-order valence-electron chi connectivity index (χ2n) is 4.64. The molecule has 4 heteroatoms. The van der Waals surface area contributed by atoms with Crippen LogP contribution in [0.1, 0.15) is 5.56 Å². The number of halogens is 1. The van der Waals surface area contributed by atoms with Crippen LogP contribution in [0, 0.1) is 5.82 Å². The number of aromatic nitrogens is 1. The third-order valence-electron chi connectivity index (χ3n) is 3.24. The first-order valence-corrected chi connectivity index (χ1v) is 7.38. The van der Waals surface area contributed by atoms with Crippen molar-refractivity contribution in [3.63, 3.8) is 0 Å². The summed E-state index contributed by atoms with van der Waals surface area (Å²) in [6, 6.07) is 13.0. The number of nitrogens with zero attached hydrogens (tertiary/aromatic N) is 1. The number of hydrogen-bond acceptors (Lipinski definition) is 3. The van der Waals surface area contributed by atoms with E-state index in [0.717, 1.165) is 33.8 Å². The van der Waals surface area contributed by atoms with E-state index in [4.69, 9.17) is 0 Å². The lowest BCUT2D eigenvalue weighted by Gasteiger charge is -2.06. The summed E-state index contributed by atoms with van der Waals surface area (Å²) in [5, 5.41) is 4.12. The lowest BCUT2D eigenvalue weighted by molar-refractivity contribution is 0.629. The van der Waals surface area contributed by atoms with Gasteiger partial charge in [0.2, 0.25) is 0 Å². The Morgan fingerprint density at radius 2 is 2.05 bits per heavy atom. The maximum absolute atomic E-state index is 13.3. The molecule has 0 amide bonds. The van der Waals surface area contributed by atoms with Gasteiger partial charge in [-0.3, -0.25) is 0 Å². The van der Waals surface area contributed by atoms with E-state index in [1.165, 1.54) is 17.7 Å². The van der Waals surface area contributed by atoms with Crippen molar-refractivity contribution in [1.82, 2.24) is 10.3 Å². The highest BCUT2D eigenvalue weighted by Gasteiger charge is 2.10. The molecule has 2 aromatic carbocycles. The minimum Gasteiger partial charge on any atom is -0.319 e. The van der Waals surface area contributed by atoms with Crippen LogP contribution in [0.2, 0.25) is 0 Å². The fraction of sp³-hybridized carbons (Fsp3) is 0.188. The standard InChI is InChI=1S/C16H15FN2S/c1-18-9-8-11-4-2-3-5-13(11)16-19-14-10-12(17)6-7-15(14)20-16/h2-7,10,18H,8-9H2,1H3. The Labute approximate surface area is 121 Å². The molecular weight excluding hydrogens is 271 g/mol. The van der Waals surface area contributed by atoms with Gasteiger partial charge in [0.1, 0.15) is 10.8 Å². The Kier molecular flexibility index (Phi) is 3.76. The molecular formula is C16H15FN2S. The van der Waals surface area contributed by atoms with Crippen molar-refractivity contribution in [1.29, 1.82) is 0 Å². The molecule has 0 saturated heterocycles. The predicted molar refractivity (Wildman–Crippen MR) is 82.6 cm³/mol. The van der Waals surface area contributed by atoms with Gasteiger partial charge in [0.25, 0.3) is 0 Å². The van der Waals surface area contributed by atoms with Crippen LogP contribution in [0.15, 0.2) is 42.5 Å². The first kappa shape index (κ1) is 13.2. The average Bonchev–Trinajstić information content (AvgIpc) is 2.88. The second kappa shape index (κ2) is 5.69. The summed E-state index contributed by atoms with van der Waals surface area (Å²) in [7, 11) is 1.95. The molecule has 0 aliphatic carbocycles. The van der Waals surface area contributed by atoms with Gasteiger partial charge in [0.15, 0.2) is 0 Å². The van der Waals surface area contributed by atoms with Crippen molar-refractivity contribution in [2.45, 2.75) is 6.42 Å². The van der Waals surface area contributed by atoms with Crippen LogP contribution in [0.5, 0.6) is 0 Å². The third-order valence-corrected chi connectivity index (χ3v) is 4.31. The molecule has 3 rings (SSSR count). The molecule has 0 atom stereocenters. The molecule has 0 fully saturated rings. The maximum atomic E-state index is 13.3. The third kappa shape index (κ3) is 2.57. The summed E-state index contributed by atoms with van der Waals surface area (Å²) in [5.74, 6) is -0.238. The highest BCUT2D eigenvalue weighted by molar-refractivity contribution is 7.21. The second-order valence-corrected chi connectivity index (χ2v) is 5.67. The quantitative estimate of drug-likeness (QED) is 0.787. The van der Waals surface area contributed by atoms with Crippen LogP contribution in [0.3, 0.4) is 0 Å². The number of rotatable bonds is 4. The topological polar surface area (TPSA) is 24.9 Å². The number of thiazole rings is 1. The molecule has 2 nitrogen and oxygen atoms in total. The Balaban J connectivity index is 2.06. The van der Waals surface area contributed by atoms with Crippen molar-refractivity contribution < 1.29 is 4.39 Å². The molecule has 1 aromatic heterocycles. The van der Waals surface area contributed by atoms with E-state index < -0.39 is 0 Å². The lowest BCUT2D eigenvalue weighted by Crippen LogP contribution is -2.10. The highest BCUT2D eigenvalue weighted by Crippen LogP contribution is 2.32. The van der Waals surface area contributed by atoms with E-state index in [1.54, 1.807) is 17.4 Å². The largest absolute Gasteiger partial charge is 0.319 e. The summed E-state index contributed by atoms with van der Waals surface area (Å²) >= 11 is 1.61. The average molecular weight is 286 g/mol. The van der Waals surface area contributed by atoms with Gasteiger partial charge in [-0.15, -0.1) is 11.3 Å². The molecule has 3 aromatic rings. The van der Waals surface area contributed by atoms with Crippen LogP contribution in [0.4, 0.5) is 4.39 Å². The summed E-state index contributed by atoms with van der Waals surface area (Å²) < 4.78 is 14.3. The molecule has 1 N–H and O–H groups in total. The summed E-state index contributed by atoms with van der Waals surface area (Å²) in [5.41, 5.74) is 3.14. The van der Waals surface area contributed by atoms with Gasteiger partial charge in [-0.1, -0.05) is 24.3 Å². The normalized spacial score (nSPS) is 11.1. The molecule has 0 aliphatic rings. The summed E-state index contributed by atoms with van der Waals surface area (Å²) in [6.07, 6.45) is 0.955. The van der Waals surface area contributed by atoms with Gasteiger partial charge in [0, 0.05) is 11.6 Å². The van der Waals surface area contributed by atoms with E-state index in [9.17, 15) is 4.39 Å². The molecule has 0 saturated carbocycles. The molecule has 0 spiro atoms. The molecule has 1 heterocycles. The van der Waals surface area contributed by atoms with Crippen LogP contribution in [-0.2, 0) is 6.42 Å². The van der Waals surface area contributed by atoms with Crippen LogP contribution in [0.25, 0.3) is 20.8 Å². The number of fused-ring (bicyclic) bond motifs is 1. The lowest BCUT2D eigenvalue weighted by atomic mass is 10.1. The molecule has 0 radical (unpaired) electrons. The van der Waals surface area contributed by atoms with E-state index in [0.29, 0.717) is 0 Å². The van der Waals surface area contributed by atoms with E-state index in [-0.39, 0.29) is 5.82 Å². The smallest absolute Gasteiger partial charge is 0.125 e. The fourth-order valence-corrected chi connectivity index (χ4v) is 3.23. The van der Waals surface area contributed by atoms with Crippen LogP contribution in [-0.4, -0.2) is 18.6 Å². The number of likely N-dealkylation sites (N-methyl/N-ethyl adjacent to an activating group) is 1.